The van der Waals surface area contributed by atoms with Gasteiger partial charge in [-0.05, 0) is 12.8 Å². The predicted octanol–water partition coefficient (Wildman–Crippen LogP) is 15.6. The Morgan fingerprint density at radius 1 is 0.372 bits per heavy atom. The van der Waals surface area contributed by atoms with Crippen molar-refractivity contribution in [2.45, 2.75) is 434 Å². The van der Waals surface area contributed by atoms with Crippen molar-refractivity contribution in [3.8, 4) is 0 Å². The number of aliphatic hydroxyl groups is 8. The lowest BCUT2D eigenvalue weighted by atomic mass is 9.97. The number of ether oxygens (including phenoxy) is 4. The second-order valence-corrected chi connectivity index (χ2v) is 26.8. The fourth-order valence-electron chi connectivity index (χ4n) is 12.9. The summed E-state index contributed by atoms with van der Waals surface area (Å²) in [6.07, 6.45) is 53.3. The third-order valence-electron chi connectivity index (χ3n) is 18.8. The summed E-state index contributed by atoms with van der Waals surface area (Å²) in [4.78, 5) is 13.3. The molecule has 2 fully saturated rings. The molecule has 2 aliphatic rings. The molecule has 0 aromatic carbocycles. The molecular formula is C72H141NO13. The molecule has 0 radical (unpaired) electrons. The van der Waals surface area contributed by atoms with Gasteiger partial charge in [-0.1, -0.05) is 341 Å². The van der Waals surface area contributed by atoms with E-state index in [0.717, 1.165) is 51.4 Å². The van der Waals surface area contributed by atoms with E-state index in [0.29, 0.717) is 12.8 Å². The summed E-state index contributed by atoms with van der Waals surface area (Å²) in [5.74, 6) is -0.199. The average molecular weight is 1230 g/mol. The zero-order chi connectivity index (χ0) is 62.3. The molecule has 0 aliphatic carbocycles. The lowest BCUT2D eigenvalue weighted by Crippen LogP contribution is -2.65. The van der Waals surface area contributed by atoms with Crippen molar-refractivity contribution in [1.29, 1.82) is 0 Å². The highest BCUT2D eigenvalue weighted by Gasteiger charge is 2.51. The van der Waals surface area contributed by atoms with Crippen LogP contribution in [0.5, 0.6) is 0 Å². The smallest absolute Gasteiger partial charge is 0.220 e. The van der Waals surface area contributed by atoms with Crippen molar-refractivity contribution < 1.29 is 64.6 Å². The number of amides is 1. The Balaban J connectivity index is 1.48. The number of nitrogens with one attached hydrogen (secondary N) is 1. The first kappa shape index (κ1) is 81.1. The van der Waals surface area contributed by atoms with Gasteiger partial charge in [-0.3, -0.25) is 4.79 Å². The Labute approximate surface area is 527 Å². The van der Waals surface area contributed by atoms with E-state index >= 15 is 0 Å². The third kappa shape index (κ3) is 41.5. The summed E-state index contributed by atoms with van der Waals surface area (Å²) in [6, 6.07) is -0.822. The summed E-state index contributed by atoms with van der Waals surface area (Å²) in [7, 11) is 0. The number of hydrogen-bond donors (Lipinski definition) is 9. The van der Waals surface area contributed by atoms with Crippen molar-refractivity contribution in [3.05, 3.63) is 0 Å². The van der Waals surface area contributed by atoms with Crippen LogP contribution in [0.3, 0.4) is 0 Å². The summed E-state index contributed by atoms with van der Waals surface area (Å²) >= 11 is 0. The molecule has 14 heteroatoms. The molecule has 1 amide bonds. The Morgan fingerprint density at radius 2 is 0.663 bits per heavy atom. The zero-order valence-electron chi connectivity index (χ0n) is 55.9. The van der Waals surface area contributed by atoms with Gasteiger partial charge in [0.25, 0.3) is 0 Å². The molecule has 12 unspecified atom stereocenters. The molecule has 14 nitrogen and oxygen atoms in total. The maximum atomic E-state index is 13.3. The van der Waals surface area contributed by atoms with E-state index in [1.165, 1.54) is 283 Å². The maximum absolute atomic E-state index is 13.3. The van der Waals surface area contributed by atoms with Gasteiger partial charge in [0.15, 0.2) is 12.6 Å². The van der Waals surface area contributed by atoms with Gasteiger partial charge in [-0.25, -0.2) is 0 Å². The number of unbranched alkanes of at least 4 members (excludes halogenated alkanes) is 50. The van der Waals surface area contributed by atoms with Gasteiger partial charge >= 0.3 is 0 Å². The van der Waals surface area contributed by atoms with Gasteiger partial charge in [0.05, 0.1) is 32.0 Å². The monoisotopic (exact) mass is 1230 g/mol. The summed E-state index contributed by atoms with van der Waals surface area (Å²) in [5.41, 5.74) is 0. The molecular weight excluding hydrogens is 1090 g/mol. The molecule has 2 heterocycles. The minimum absolute atomic E-state index is 0.199. The van der Waals surface area contributed by atoms with Crippen molar-refractivity contribution in [2.75, 3.05) is 19.8 Å². The van der Waals surface area contributed by atoms with Gasteiger partial charge in [0, 0.05) is 6.42 Å². The first-order valence-corrected chi connectivity index (χ1v) is 37.3. The summed E-state index contributed by atoms with van der Waals surface area (Å²) in [6.45, 7) is 2.89. The zero-order valence-corrected chi connectivity index (χ0v) is 55.9. The number of hydrogen-bond acceptors (Lipinski definition) is 13. The Kier molecular flexibility index (Phi) is 54.5. The van der Waals surface area contributed by atoms with Crippen LogP contribution >= 0.6 is 0 Å². The van der Waals surface area contributed by atoms with Crippen LogP contribution in [-0.2, 0) is 23.7 Å². The number of carbonyl (C=O) groups is 1. The SMILES string of the molecule is CCCCCCCCCCCCCCCCCCCCCCCCCCCCCCCCCCCCCCCCCCCC(=O)NC(COC1OC(CO)C(OC2OC(CO)C(O)C(O)C2O)C(O)C1O)C(O)CCCCCCCCCCCCC. The van der Waals surface area contributed by atoms with E-state index in [1.807, 2.05) is 0 Å². The first-order chi connectivity index (χ1) is 42.1. The van der Waals surface area contributed by atoms with Crippen LogP contribution in [0.2, 0.25) is 0 Å². The second-order valence-electron chi connectivity index (χ2n) is 26.8. The van der Waals surface area contributed by atoms with Crippen molar-refractivity contribution >= 4 is 5.91 Å². The Morgan fingerprint density at radius 3 is 0.988 bits per heavy atom. The predicted molar refractivity (Wildman–Crippen MR) is 351 cm³/mol. The summed E-state index contributed by atoms with van der Waals surface area (Å²) < 4.78 is 22.9. The average Bonchev–Trinajstić information content (AvgIpc) is 1.60. The molecule has 0 spiro atoms. The molecule has 12 atom stereocenters. The molecule has 0 aromatic rings. The molecule has 86 heavy (non-hydrogen) atoms. The van der Waals surface area contributed by atoms with Gasteiger partial charge in [0.1, 0.15) is 48.8 Å². The minimum atomic E-state index is -1.78. The van der Waals surface area contributed by atoms with Crippen LogP contribution in [0.1, 0.15) is 361 Å². The first-order valence-electron chi connectivity index (χ1n) is 37.3. The Bertz CT molecular complexity index is 1450. The second kappa shape index (κ2) is 57.9. The standard InChI is InChI=1S/C72H141NO13/c1-3-5-7-9-11-13-15-16-17-18-19-20-21-22-23-24-25-26-27-28-29-30-31-32-33-34-35-36-37-38-39-40-41-42-43-44-46-48-50-52-54-56-64(77)73-60(61(76)55-53-51-49-47-45-14-12-10-8-6-4-2)59-83-71-69(82)67(80)70(63(58-75)85-71)86-72-68(81)66(79)65(78)62(57-74)84-72/h60-63,65-72,74-76,78-82H,3-59H2,1-2H3,(H,73,77). The highest BCUT2D eigenvalue weighted by atomic mass is 16.7. The van der Waals surface area contributed by atoms with Gasteiger partial charge in [0.2, 0.25) is 5.91 Å². The molecule has 2 rings (SSSR count). The fourth-order valence-corrected chi connectivity index (χ4v) is 12.9. The van der Waals surface area contributed by atoms with Gasteiger partial charge in [-0.2, -0.15) is 0 Å². The third-order valence-corrected chi connectivity index (χ3v) is 18.8. The van der Waals surface area contributed by atoms with Crippen LogP contribution in [0.15, 0.2) is 0 Å². The molecule has 0 aromatic heterocycles. The van der Waals surface area contributed by atoms with E-state index < -0.39 is 86.8 Å². The maximum Gasteiger partial charge on any atom is 0.220 e. The van der Waals surface area contributed by atoms with E-state index in [4.69, 9.17) is 18.9 Å². The fraction of sp³-hybridized carbons (Fsp3) is 0.986. The number of aliphatic hydroxyl groups excluding tert-OH is 8. The highest BCUT2D eigenvalue weighted by molar-refractivity contribution is 5.76. The Hall–Kier alpha value is -1.01. The molecule has 2 saturated heterocycles. The molecule has 2 aliphatic heterocycles. The molecule has 0 bridgehead atoms. The molecule has 0 saturated carbocycles. The van der Waals surface area contributed by atoms with E-state index in [9.17, 15) is 45.6 Å². The lowest BCUT2D eigenvalue weighted by Gasteiger charge is -2.46. The number of rotatable bonds is 63. The topological polar surface area (TPSA) is 228 Å². The largest absolute Gasteiger partial charge is 0.394 e. The quantitative estimate of drug-likeness (QED) is 0.0259. The summed E-state index contributed by atoms with van der Waals surface area (Å²) in [5, 5.41) is 87.3. The van der Waals surface area contributed by atoms with Crippen molar-refractivity contribution in [3.63, 3.8) is 0 Å². The molecule has 512 valence electrons. The minimum Gasteiger partial charge on any atom is -0.394 e. The lowest BCUT2D eigenvalue weighted by molar-refractivity contribution is -0.359. The number of carbonyl (C=O) groups excluding carboxylic acids is 1. The normalized spacial score (nSPS) is 23.3. The van der Waals surface area contributed by atoms with Crippen LogP contribution in [0.4, 0.5) is 0 Å². The van der Waals surface area contributed by atoms with Crippen LogP contribution in [-0.4, -0.2) is 140 Å². The van der Waals surface area contributed by atoms with Crippen LogP contribution in [0, 0.1) is 0 Å². The van der Waals surface area contributed by atoms with Crippen molar-refractivity contribution in [1.82, 2.24) is 5.32 Å². The van der Waals surface area contributed by atoms with Crippen LogP contribution in [0.25, 0.3) is 0 Å². The van der Waals surface area contributed by atoms with Gasteiger partial charge in [-0.15, -0.1) is 0 Å². The highest BCUT2D eigenvalue weighted by Crippen LogP contribution is 2.30. The molecule has 9 N–H and O–H groups in total. The van der Waals surface area contributed by atoms with E-state index in [-0.39, 0.29) is 12.5 Å². The van der Waals surface area contributed by atoms with E-state index in [2.05, 4.69) is 19.2 Å². The van der Waals surface area contributed by atoms with Crippen molar-refractivity contribution in [2.24, 2.45) is 0 Å². The van der Waals surface area contributed by atoms with E-state index in [1.54, 1.807) is 0 Å². The van der Waals surface area contributed by atoms with Gasteiger partial charge < -0.3 is 65.1 Å². The van der Waals surface area contributed by atoms with Crippen LogP contribution < -0.4 is 5.32 Å².